The van der Waals surface area contributed by atoms with Crippen LogP contribution in [0.15, 0.2) is 76.7 Å². The first kappa shape index (κ1) is 17.9. The smallest absolute Gasteiger partial charge is 0.310 e. The molecule has 0 saturated carbocycles. The van der Waals surface area contributed by atoms with E-state index in [0.29, 0.717) is 17.8 Å². The Kier molecular flexibility index (Phi) is 5.86. The number of carbonyl (C=O) groups excluding carboxylic acids is 1. The molecule has 1 heterocycles. The molecule has 0 saturated heterocycles. The van der Waals surface area contributed by atoms with Crippen LogP contribution >= 0.6 is 11.8 Å². The summed E-state index contributed by atoms with van der Waals surface area (Å²) in [5.74, 6) is 0.535. The van der Waals surface area contributed by atoms with Gasteiger partial charge in [-0.15, -0.1) is 0 Å². The molecular formula is C20H19N3O2S. The van der Waals surface area contributed by atoms with Crippen LogP contribution in [-0.2, 0) is 0 Å². The normalized spacial score (nSPS) is 11.4. The summed E-state index contributed by atoms with van der Waals surface area (Å²) in [6.45, 7) is 4.40. The van der Waals surface area contributed by atoms with E-state index in [4.69, 9.17) is 4.74 Å². The summed E-state index contributed by atoms with van der Waals surface area (Å²) < 4.78 is 7.35. The topological polar surface area (TPSA) is 56.5 Å². The molecular weight excluding hydrogens is 346 g/mol. The van der Waals surface area contributed by atoms with Crippen LogP contribution in [0.4, 0.5) is 4.79 Å². The van der Waals surface area contributed by atoms with Crippen LogP contribution in [0.5, 0.6) is 5.88 Å². The number of hydrogen-bond acceptors (Lipinski definition) is 4. The van der Waals surface area contributed by atoms with Crippen LogP contribution in [0.1, 0.15) is 12.5 Å². The Bertz CT molecular complexity index is 951. The summed E-state index contributed by atoms with van der Waals surface area (Å²) in [7, 11) is 0. The van der Waals surface area contributed by atoms with Crippen molar-refractivity contribution in [2.45, 2.75) is 18.7 Å². The SMILES string of the molecule is CCOc1cc(=NC(=O)Sc2ccc(C)cc2)cnn1-c1ccccc1. The van der Waals surface area contributed by atoms with Gasteiger partial charge in [-0.1, -0.05) is 35.9 Å². The second kappa shape index (κ2) is 8.49. The Hall–Kier alpha value is -2.86. The summed E-state index contributed by atoms with van der Waals surface area (Å²) in [5.41, 5.74) is 2.03. The molecule has 132 valence electrons. The number of para-hydroxylation sites is 1. The van der Waals surface area contributed by atoms with Gasteiger partial charge in [0.2, 0.25) is 5.88 Å². The number of aryl methyl sites for hydroxylation is 1. The third kappa shape index (κ3) is 4.61. The summed E-state index contributed by atoms with van der Waals surface area (Å²) in [6.07, 6.45) is 1.56. The molecule has 0 aliphatic carbocycles. The molecule has 0 unspecified atom stereocenters. The van der Waals surface area contributed by atoms with Gasteiger partial charge in [-0.05, 0) is 49.9 Å². The van der Waals surface area contributed by atoms with Crippen LogP contribution < -0.4 is 10.1 Å². The Morgan fingerprint density at radius 3 is 2.58 bits per heavy atom. The van der Waals surface area contributed by atoms with Gasteiger partial charge in [0, 0.05) is 11.0 Å². The first-order valence-corrected chi connectivity index (χ1v) is 9.08. The van der Waals surface area contributed by atoms with Gasteiger partial charge in [0.05, 0.1) is 23.8 Å². The number of nitrogens with zero attached hydrogens (tertiary/aromatic N) is 3. The Morgan fingerprint density at radius 2 is 1.88 bits per heavy atom. The summed E-state index contributed by atoms with van der Waals surface area (Å²) in [5, 5.41) is 4.54. The van der Waals surface area contributed by atoms with Crippen LogP contribution in [0.2, 0.25) is 0 Å². The van der Waals surface area contributed by atoms with Crippen LogP contribution in [0.25, 0.3) is 5.69 Å². The highest BCUT2D eigenvalue weighted by atomic mass is 32.2. The van der Waals surface area contributed by atoms with E-state index in [1.54, 1.807) is 16.9 Å². The average molecular weight is 365 g/mol. The van der Waals surface area contributed by atoms with Crippen LogP contribution in [0.3, 0.4) is 0 Å². The largest absolute Gasteiger partial charge is 0.478 e. The fourth-order valence-electron chi connectivity index (χ4n) is 2.31. The van der Waals surface area contributed by atoms with Crippen LogP contribution in [0, 0.1) is 6.92 Å². The minimum atomic E-state index is -0.296. The Labute approximate surface area is 156 Å². The lowest BCUT2D eigenvalue weighted by Crippen LogP contribution is -2.14. The second-order valence-electron chi connectivity index (χ2n) is 5.53. The molecule has 3 rings (SSSR count). The standard InChI is InChI=1S/C20H19N3O2S/c1-3-25-19-13-16(14-21-23(19)17-7-5-4-6-8-17)22-20(24)26-18-11-9-15(2)10-12-18/h4-14H,3H2,1-2H3. The van der Waals surface area contributed by atoms with Crippen molar-refractivity contribution in [2.75, 3.05) is 6.61 Å². The zero-order chi connectivity index (χ0) is 18.4. The summed E-state index contributed by atoms with van der Waals surface area (Å²) >= 11 is 1.09. The Balaban J connectivity index is 1.87. The predicted molar refractivity (Wildman–Crippen MR) is 103 cm³/mol. The molecule has 0 spiro atoms. The maximum Gasteiger partial charge on any atom is 0.310 e. The van der Waals surface area contributed by atoms with E-state index in [2.05, 4.69) is 10.1 Å². The first-order chi connectivity index (χ1) is 12.7. The van der Waals surface area contributed by atoms with Crippen molar-refractivity contribution in [1.29, 1.82) is 0 Å². The van der Waals surface area contributed by atoms with Gasteiger partial charge in [0.1, 0.15) is 0 Å². The van der Waals surface area contributed by atoms with Crippen molar-refractivity contribution >= 4 is 17.0 Å². The second-order valence-corrected chi connectivity index (χ2v) is 6.55. The molecule has 5 nitrogen and oxygen atoms in total. The van der Waals surface area contributed by atoms with Crippen molar-refractivity contribution in [2.24, 2.45) is 4.99 Å². The van der Waals surface area contributed by atoms with Gasteiger partial charge in [-0.25, -0.2) is 9.67 Å². The highest BCUT2D eigenvalue weighted by molar-refractivity contribution is 8.13. The van der Waals surface area contributed by atoms with Gasteiger partial charge >= 0.3 is 5.24 Å². The third-order valence-electron chi connectivity index (χ3n) is 3.53. The van der Waals surface area contributed by atoms with Gasteiger partial charge < -0.3 is 4.74 Å². The van der Waals surface area contributed by atoms with E-state index in [0.717, 1.165) is 27.9 Å². The number of benzene rings is 2. The molecule has 26 heavy (non-hydrogen) atoms. The van der Waals surface area contributed by atoms with Crippen molar-refractivity contribution < 1.29 is 9.53 Å². The average Bonchev–Trinajstić information content (AvgIpc) is 2.65. The van der Waals surface area contributed by atoms with Crippen molar-refractivity contribution in [3.8, 4) is 11.6 Å². The molecule has 3 aromatic rings. The van der Waals surface area contributed by atoms with Crippen LogP contribution in [-0.4, -0.2) is 21.6 Å². The number of amides is 1. The zero-order valence-electron chi connectivity index (χ0n) is 14.6. The predicted octanol–water partition coefficient (Wildman–Crippen LogP) is 4.39. The molecule has 1 aromatic heterocycles. The molecule has 6 heteroatoms. The van der Waals surface area contributed by atoms with E-state index in [1.807, 2.05) is 68.4 Å². The van der Waals surface area contributed by atoms with Gasteiger partial charge in [-0.3, -0.25) is 4.79 Å². The fourth-order valence-corrected chi connectivity index (χ4v) is 2.93. The number of carbonyl (C=O) groups is 1. The molecule has 0 atom stereocenters. The highest BCUT2D eigenvalue weighted by Crippen LogP contribution is 2.20. The number of aromatic nitrogens is 2. The highest BCUT2D eigenvalue weighted by Gasteiger charge is 2.07. The van der Waals surface area contributed by atoms with Gasteiger partial charge in [-0.2, -0.15) is 5.10 Å². The fraction of sp³-hybridized carbons (Fsp3) is 0.150. The minimum Gasteiger partial charge on any atom is -0.478 e. The van der Waals surface area contributed by atoms with E-state index in [9.17, 15) is 4.79 Å². The molecule has 0 fully saturated rings. The van der Waals surface area contributed by atoms with Gasteiger partial charge in [0.25, 0.3) is 0 Å². The summed E-state index contributed by atoms with van der Waals surface area (Å²) in [6, 6.07) is 19.1. The van der Waals surface area contributed by atoms with E-state index < -0.39 is 0 Å². The monoisotopic (exact) mass is 365 g/mol. The molecule has 0 N–H and O–H groups in total. The van der Waals surface area contributed by atoms with Crippen molar-refractivity contribution in [3.63, 3.8) is 0 Å². The number of rotatable bonds is 4. The summed E-state index contributed by atoms with van der Waals surface area (Å²) in [4.78, 5) is 17.2. The molecule has 1 amide bonds. The van der Waals surface area contributed by atoms with Crippen molar-refractivity contribution in [3.05, 3.63) is 77.8 Å². The lowest BCUT2D eigenvalue weighted by molar-refractivity contribution is 0.267. The van der Waals surface area contributed by atoms with E-state index in [1.165, 1.54) is 0 Å². The quantitative estimate of drug-likeness (QED) is 0.643. The third-order valence-corrected chi connectivity index (χ3v) is 4.30. The lowest BCUT2D eigenvalue weighted by Gasteiger charge is -2.11. The Morgan fingerprint density at radius 1 is 1.15 bits per heavy atom. The van der Waals surface area contributed by atoms with Crippen molar-refractivity contribution in [1.82, 2.24) is 9.78 Å². The number of hydrogen-bond donors (Lipinski definition) is 0. The van der Waals surface area contributed by atoms with E-state index in [-0.39, 0.29) is 5.24 Å². The number of thioether (sulfide) groups is 1. The number of ether oxygens (including phenoxy) is 1. The lowest BCUT2D eigenvalue weighted by atomic mass is 10.2. The minimum absolute atomic E-state index is 0.296. The first-order valence-electron chi connectivity index (χ1n) is 8.26. The molecule has 0 radical (unpaired) electrons. The van der Waals surface area contributed by atoms with Gasteiger partial charge in [0.15, 0.2) is 0 Å². The molecule has 0 aliphatic heterocycles. The maximum atomic E-state index is 12.2. The molecule has 0 bridgehead atoms. The molecule has 0 aliphatic rings. The molecule has 2 aromatic carbocycles. The van der Waals surface area contributed by atoms with E-state index >= 15 is 0 Å². The maximum absolute atomic E-state index is 12.2. The zero-order valence-corrected chi connectivity index (χ0v) is 15.4.